The normalized spacial score (nSPS) is 26.2. The molecule has 1 saturated heterocycles. The first-order valence-electron chi connectivity index (χ1n) is 5.27. The van der Waals surface area contributed by atoms with Crippen LogP contribution in [0.25, 0.3) is 0 Å². The third-order valence-electron chi connectivity index (χ3n) is 2.75. The molecule has 15 heavy (non-hydrogen) atoms. The van der Waals surface area contributed by atoms with E-state index in [9.17, 15) is 9.59 Å². The molecule has 0 saturated carbocycles. The number of hydrogen-bond acceptors (Lipinski definition) is 4. The number of nitrogens with two attached hydrogens (primary N) is 1. The first-order chi connectivity index (χ1) is 7.06. The topological polar surface area (TPSA) is 72.6 Å². The highest BCUT2D eigenvalue weighted by Crippen LogP contribution is 2.15. The van der Waals surface area contributed by atoms with Crippen LogP contribution in [0.2, 0.25) is 0 Å². The molecule has 0 aromatic heterocycles. The highest BCUT2D eigenvalue weighted by atomic mass is 16.5. The van der Waals surface area contributed by atoms with Gasteiger partial charge in [-0.15, -0.1) is 0 Å². The minimum atomic E-state index is -0.778. The number of piperidine rings is 1. The molecule has 0 radical (unpaired) electrons. The van der Waals surface area contributed by atoms with E-state index in [1.807, 2.05) is 0 Å². The number of carbonyl (C=O) groups excluding carboxylic acids is 2. The van der Waals surface area contributed by atoms with Crippen LogP contribution in [0.1, 0.15) is 20.3 Å². The summed E-state index contributed by atoms with van der Waals surface area (Å²) in [4.78, 5) is 24.2. The molecule has 5 heteroatoms. The van der Waals surface area contributed by atoms with Gasteiger partial charge in [0.2, 0.25) is 0 Å². The molecule has 0 aromatic carbocycles. The fourth-order valence-corrected chi connectivity index (χ4v) is 1.61. The standard InChI is InChI=1S/C10H18N2O3/c1-3-15-10(14)9(13)12-5-4-7(2)8(11)6-12/h7-8H,3-6,11H2,1-2H3. The summed E-state index contributed by atoms with van der Waals surface area (Å²) in [5, 5.41) is 0. The zero-order valence-electron chi connectivity index (χ0n) is 9.23. The summed E-state index contributed by atoms with van der Waals surface area (Å²) in [6.45, 7) is 4.98. The monoisotopic (exact) mass is 214 g/mol. The number of ether oxygens (including phenoxy) is 1. The van der Waals surface area contributed by atoms with Crippen molar-refractivity contribution in [3.63, 3.8) is 0 Å². The van der Waals surface area contributed by atoms with E-state index in [-0.39, 0.29) is 12.6 Å². The maximum Gasteiger partial charge on any atom is 0.397 e. The van der Waals surface area contributed by atoms with Crippen molar-refractivity contribution < 1.29 is 14.3 Å². The number of hydrogen-bond donors (Lipinski definition) is 1. The van der Waals surface area contributed by atoms with Gasteiger partial charge in [-0.3, -0.25) is 4.79 Å². The molecule has 86 valence electrons. The Morgan fingerprint density at radius 3 is 2.73 bits per heavy atom. The van der Waals surface area contributed by atoms with Crippen molar-refractivity contribution in [1.82, 2.24) is 4.90 Å². The van der Waals surface area contributed by atoms with Crippen LogP contribution in [-0.2, 0) is 14.3 Å². The summed E-state index contributed by atoms with van der Waals surface area (Å²) in [6.07, 6.45) is 0.840. The highest BCUT2D eigenvalue weighted by molar-refractivity contribution is 6.32. The maximum atomic E-state index is 11.5. The Hall–Kier alpha value is -1.10. The van der Waals surface area contributed by atoms with Crippen LogP contribution in [0.5, 0.6) is 0 Å². The zero-order chi connectivity index (χ0) is 11.4. The molecule has 0 bridgehead atoms. The molecular weight excluding hydrogens is 196 g/mol. The van der Waals surface area contributed by atoms with E-state index in [1.54, 1.807) is 6.92 Å². The van der Waals surface area contributed by atoms with Crippen molar-refractivity contribution in [2.75, 3.05) is 19.7 Å². The molecule has 5 nitrogen and oxygen atoms in total. The second kappa shape index (κ2) is 5.11. The summed E-state index contributed by atoms with van der Waals surface area (Å²) in [5.41, 5.74) is 5.83. The molecule has 2 atom stereocenters. The van der Waals surface area contributed by atoms with Gasteiger partial charge in [-0.1, -0.05) is 6.92 Å². The lowest BCUT2D eigenvalue weighted by atomic mass is 9.94. The van der Waals surface area contributed by atoms with Crippen molar-refractivity contribution >= 4 is 11.9 Å². The summed E-state index contributed by atoms with van der Waals surface area (Å²) >= 11 is 0. The minimum Gasteiger partial charge on any atom is -0.459 e. The quantitative estimate of drug-likeness (QED) is 0.482. The lowest BCUT2D eigenvalue weighted by molar-refractivity contribution is -0.160. The number of amides is 1. The molecule has 1 heterocycles. The van der Waals surface area contributed by atoms with Crippen LogP contribution in [0.3, 0.4) is 0 Å². The van der Waals surface area contributed by atoms with Crippen molar-refractivity contribution in [2.45, 2.75) is 26.3 Å². The van der Waals surface area contributed by atoms with E-state index in [2.05, 4.69) is 11.7 Å². The number of esters is 1. The van der Waals surface area contributed by atoms with E-state index in [4.69, 9.17) is 5.73 Å². The van der Waals surface area contributed by atoms with Crippen LogP contribution in [0.4, 0.5) is 0 Å². The van der Waals surface area contributed by atoms with Crippen LogP contribution in [0, 0.1) is 5.92 Å². The van der Waals surface area contributed by atoms with Gasteiger partial charge in [0, 0.05) is 19.1 Å². The van der Waals surface area contributed by atoms with Crippen LogP contribution >= 0.6 is 0 Å². The van der Waals surface area contributed by atoms with Gasteiger partial charge in [-0.25, -0.2) is 4.79 Å². The van der Waals surface area contributed by atoms with Gasteiger partial charge in [0.25, 0.3) is 0 Å². The molecule has 0 aliphatic carbocycles. The average molecular weight is 214 g/mol. The predicted octanol–water partition coefficient (Wildman–Crippen LogP) is -0.255. The second-order valence-corrected chi connectivity index (χ2v) is 3.90. The van der Waals surface area contributed by atoms with Gasteiger partial charge in [0.15, 0.2) is 0 Å². The number of likely N-dealkylation sites (tertiary alicyclic amines) is 1. The Morgan fingerprint density at radius 1 is 1.53 bits per heavy atom. The zero-order valence-corrected chi connectivity index (χ0v) is 9.23. The Balaban J connectivity index is 2.51. The van der Waals surface area contributed by atoms with E-state index >= 15 is 0 Å². The van der Waals surface area contributed by atoms with Crippen molar-refractivity contribution in [1.29, 1.82) is 0 Å². The van der Waals surface area contributed by atoms with Gasteiger partial charge in [-0.2, -0.15) is 0 Å². The number of rotatable bonds is 1. The fraction of sp³-hybridized carbons (Fsp3) is 0.800. The number of carbonyl (C=O) groups is 2. The van der Waals surface area contributed by atoms with Crippen molar-refractivity contribution in [3.8, 4) is 0 Å². The Bertz CT molecular complexity index is 255. The second-order valence-electron chi connectivity index (χ2n) is 3.90. The molecule has 1 fully saturated rings. The largest absolute Gasteiger partial charge is 0.459 e. The van der Waals surface area contributed by atoms with Gasteiger partial charge in [0.1, 0.15) is 0 Å². The Labute approximate surface area is 89.6 Å². The smallest absolute Gasteiger partial charge is 0.397 e. The van der Waals surface area contributed by atoms with Crippen LogP contribution < -0.4 is 5.73 Å². The first kappa shape index (κ1) is 12.0. The summed E-state index contributed by atoms with van der Waals surface area (Å²) in [5.74, 6) is -0.949. The molecule has 1 amide bonds. The van der Waals surface area contributed by atoms with Crippen LogP contribution in [-0.4, -0.2) is 42.5 Å². The lowest BCUT2D eigenvalue weighted by Crippen LogP contribution is -2.51. The third-order valence-corrected chi connectivity index (χ3v) is 2.75. The molecule has 1 aliphatic rings. The van der Waals surface area contributed by atoms with Gasteiger partial charge >= 0.3 is 11.9 Å². The molecule has 2 N–H and O–H groups in total. The van der Waals surface area contributed by atoms with E-state index in [1.165, 1.54) is 4.90 Å². The molecule has 0 spiro atoms. The Kier molecular flexibility index (Phi) is 4.08. The predicted molar refractivity (Wildman–Crippen MR) is 55.0 cm³/mol. The average Bonchev–Trinajstić information content (AvgIpc) is 2.21. The number of nitrogens with zero attached hydrogens (tertiary/aromatic N) is 1. The van der Waals surface area contributed by atoms with E-state index in [0.29, 0.717) is 19.0 Å². The molecular formula is C10H18N2O3. The van der Waals surface area contributed by atoms with E-state index < -0.39 is 11.9 Å². The minimum absolute atomic E-state index is 0.0443. The molecule has 1 rings (SSSR count). The molecule has 1 aliphatic heterocycles. The SMILES string of the molecule is CCOC(=O)C(=O)N1CCC(C)C(N)C1. The van der Waals surface area contributed by atoms with Gasteiger partial charge in [-0.05, 0) is 19.3 Å². The van der Waals surface area contributed by atoms with Gasteiger partial charge in [0.05, 0.1) is 6.61 Å². The third kappa shape index (κ3) is 2.92. The van der Waals surface area contributed by atoms with Crippen LogP contribution in [0.15, 0.2) is 0 Å². The summed E-state index contributed by atoms with van der Waals surface area (Å²) < 4.78 is 4.65. The molecule has 2 unspecified atom stereocenters. The van der Waals surface area contributed by atoms with Gasteiger partial charge < -0.3 is 15.4 Å². The maximum absolute atomic E-state index is 11.5. The summed E-state index contributed by atoms with van der Waals surface area (Å²) in [6, 6.07) is -0.0443. The lowest BCUT2D eigenvalue weighted by Gasteiger charge is -2.34. The van der Waals surface area contributed by atoms with E-state index in [0.717, 1.165) is 6.42 Å². The molecule has 0 aromatic rings. The highest BCUT2D eigenvalue weighted by Gasteiger charge is 2.30. The Morgan fingerprint density at radius 2 is 2.20 bits per heavy atom. The van der Waals surface area contributed by atoms with Crippen molar-refractivity contribution in [3.05, 3.63) is 0 Å². The van der Waals surface area contributed by atoms with Crippen molar-refractivity contribution in [2.24, 2.45) is 11.7 Å². The first-order valence-corrected chi connectivity index (χ1v) is 5.27. The summed E-state index contributed by atoms with van der Waals surface area (Å²) in [7, 11) is 0. The fourth-order valence-electron chi connectivity index (χ4n) is 1.61.